The fraction of sp³-hybridized carbons (Fsp3) is 0.533. The molecule has 1 aliphatic rings. The van der Waals surface area contributed by atoms with Crippen molar-refractivity contribution in [2.45, 2.75) is 44.9 Å². The summed E-state index contributed by atoms with van der Waals surface area (Å²) in [5.74, 6) is 0.745. The SMILES string of the molecule is O=Nc1ccccc1C(=O)CCC1CCCCC1. The number of nitroso groups, excluding NO2 is 1. The zero-order valence-electron chi connectivity index (χ0n) is 10.6. The summed E-state index contributed by atoms with van der Waals surface area (Å²) in [7, 11) is 0. The summed E-state index contributed by atoms with van der Waals surface area (Å²) in [4.78, 5) is 22.7. The van der Waals surface area contributed by atoms with Gasteiger partial charge in [0.25, 0.3) is 0 Å². The molecule has 0 atom stereocenters. The number of Topliss-reactive ketones (excluding diaryl/α,β-unsaturated/α-hetero) is 1. The van der Waals surface area contributed by atoms with Gasteiger partial charge >= 0.3 is 0 Å². The highest BCUT2D eigenvalue weighted by atomic mass is 16.3. The number of carbonyl (C=O) groups is 1. The van der Waals surface area contributed by atoms with E-state index >= 15 is 0 Å². The fourth-order valence-corrected chi connectivity index (χ4v) is 2.73. The van der Waals surface area contributed by atoms with Gasteiger partial charge in [-0.25, -0.2) is 0 Å². The predicted molar refractivity (Wildman–Crippen MR) is 72.0 cm³/mol. The van der Waals surface area contributed by atoms with Gasteiger partial charge in [-0.05, 0) is 29.6 Å². The summed E-state index contributed by atoms with van der Waals surface area (Å²) in [5.41, 5.74) is 0.745. The van der Waals surface area contributed by atoms with Crippen molar-refractivity contribution in [2.24, 2.45) is 11.1 Å². The lowest BCUT2D eigenvalue weighted by Gasteiger charge is -2.20. The van der Waals surface area contributed by atoms with Gasteiger partial charge in [0, 0.05) is 12.0 Å². The third-order valence-corrected chi connectivity index (χ3v) is 3.81. The maximum absolute atomic E-state index is 12.1. The summed E-state index contributed by atoms with van der Waals surface area (Å²) in [5, 5.41) is 2.92. The van der Waals surface area contributed by atoms with Gasteiger partial charge in [0.1, 0.15) is 5.69 Å². The lowest BCUT2D eigenvalue weighted by atomic mass is 9.85. The monoisotopic (exact) mass is 245 g/mol. The second-order valence-corrected chi connectivity index (χ2v) is 5.07. The molecule has 1 saturated carbocycles. The molecule has 0 amide bonds. The molecule has 0 aliphatic heterocycles. The second kappa shape index (κ2) is 6.43. The van der Waals surface area contributed by atoms with Gasteiger partial charge in [-0.3, -0.25) is 4.79 Å². The maximum Gasteiger partial charge on any atom is 0.165 e. The molecule has 3 heteroatoms. The van der Waals surface area contributed by atoms with E-state index in [2.05, 4.69) is 5.18 Å². The van der Waals surface area contributed by atoms with Crippen LogP contribution in [0.5, 0.6) is 0 Å². The lowest BCUT2D eigenvalue weighted by Crippen LogP contribution is -2.09. The maximum atomic E-state index is 12.1. The number of benzene rings is 1. The average molecular weight is 245 g/mol. The van der Waals surface area contributed by atoms with Crippen LogP contribution >= 0.6 is 0 Å². The van der Waals surface area contributed by atoms with Gasteiger partial charge in [0.2, 0.25) is 0 Å². The molecule has 1 aliphatic carbocycles. The molecule has 0 unspecified atom stereocenters. The Bertz CT molecular complexity index is 422. The van der Waals surface area contributed by atoms with Crippen molar-refractivity contribution >= 4 is 11.5 Å². The van der Waals surface area contributed by atoms with Gasteiger partial charge in [-0.1, -0.05) is 44.2 Å². The summed E-state index contributed by atoms with van der Waals surface area (Å²) in [6.45, 7) is 0. The van der Waals surface area contributed by atoms with Crippen molar-refractivity contribution in [1.82, 2.24) is 0 Å². The van der Waals surface area contributed by atoms with Crippen LogP contribution < -0.4 is 0 Å². The van der Waals surface area contributed by atoms with Crippen molar-refractivity contribution in [1.29, 1.82) is 0 Å². The number of hydrogen-bond acceptors (Lipinski definition) is 3. The van der Waals surface area contributed by atoms with Crippen LogP contribution in [0.25, 0.3) is 0 Å². The minimum atomic E-state index is 0.0516. The minimum Gasteiger partial charge on any atom is -0.294 e. The first-order valence-corrected chi connectivity index (χ1v) is 6.77. The molecule has 1 aromatic carbocycles. The first kappa shape index (κ1) is 12.9. The third kappa shape index (κ3) is 3.25. The zero-order valence-corrected chi connectivity index (χ0v) is 10.6. The van der Waals surface area contributed by atoms with Crippen molar-refractivity contribution in [2.75, 3.05) is 0 Å². The molecular formula is C15H19NO2. The zero-order chi connectivity index (χ0) is 12.8. The van der Waals surface area contributed by atoms with Gasteiger partial charge < -0.3 is 0 Å². The number of ketones is 1. The highest BCUT2D eigenvalue weighted by Gasteiger charge is 2.17. The number of carbonyl (C=O) groups excluding carboxylic acids is 1. The molecular weight excluding hydrogens is 226 g/mol. The fourth-order valence-electron chi connectivity index (χ4n) is 2.73. The predicted octanol–water partition coefficient (Wildman–Crippen LogP) is 4.63. The molecule has 0 radical (unpaired) electrons. The van der Waals surface area contributed by atoms with Gasteiger partial charge in [-0.15, -0.1) is 4.91 Å². The first-order chi connectivity index (χ1) is 8.81. The topological polar surface area (TPSA) is 46.5 Å². The number of rotatable bonds is 5. The Kier molecular flexibility index (Phi) is 4.62. The van der Waals surface area contributed by atoms with E-state index in [4.69, 9.17) is 0 Å². The Morgan fingerprint density at radius 1 is 1.17 bits per heavy atom. The molecule has 0 saturated heterocycles. The summed E-state index contributed by atoms with van der Waals surface area (Å²) in [6, 6.07) is 6.80. The van der Waals surface area contributed by atoms with Crippen molar-refractivity contribution < 1.29 is 4.79 Å². The minimum absolute atomic E-state index is 0.0516. The van der Waals surface area contributed by atoms with E-state index in [1.165, 1.54) is 32.1 Å². The number of hydrogen-bond donors (Lipinski definition) is 0. The van der Waals surface area contributed by atoms with Crippen molar-refractivity contribution in [3.8, 4) is 0 Å². The molecule has 96 valence electrons. The standard InChI is InChI=1S/C15H19NO2/c17-15(11-10-12-6-2-1-3-7-12)13-8-4-5-9-14(13)16-18/h4-5,8-9,12H,1-3,6-7,10-11H2. The molecule has 0 aromatic heterocycles. The number of nitrogens with zero attached hydrogens (tertiary/aromatic N) is 1. The molecule has 0 spiro atoms. The van der Waals surface area contributed by atoms with Crippen molar-refractivity contribution in [3.05, 3.63) is 34.7 Å². The molecule has 18 heavy (non-hydrogen) atoms. The van der Waals surface area contributed by atoms with Crippen LogP contribution in [0.1, 0.15) is 55.3 Å². The Labute approximate surface area is 108 Å². The highest BCUT2D eigenvalue weighted by molar-refractivity contribution is 6.00. The molecule has 0 bridgehead atoms. The van der Waals surface area contributed by atoms with E-state index in [-0.39, 0.29) is 11.5 Å². The van der Waals surface area contributed by atoms with Crippen LogP contribution in [-0.4, -0.2) is 5.78 Å². The van der Waals surface area contributed by atoms with Crippen LogP contribution in [0.4, 0.5) is 5.69 Å². The largest absolute Gasteiger partial charge is 0.294 e. The van der Waals surface area contributed by atoms with Gasteiger partial charge in [0.15, 0.2) is 5.78 Å². The lowest BCUT2D eigenvalue weighted by molar-refractivity contribution is 0.0971. The van der Waals surface area contributed by atoms with E-state index < -0.39 is 0 Å². The summed E-state index contributed by atoms with van der Waals surface area (Å²) >= 11 is 0. The molecule has 0 N–H and O–H groups in total. The Morgan fingerprint density at radius 3 is 2.61 bits per heavy atom. The highest BCUT2D eigenvalue weighted by Crippen LogP contribution is 2.28. The van der Waals surface area contributed by atoms with E-state index in [1.54, 1.807) is 24.3 Å². The van der Waals surface area contributed by atoms with Crippen molar-refractivity contribution in [3.63, 3.8) is 0 Å². The van der Waals surface area contributed by atoms with E-state index in [1.807, 2.05) is 0 Å². The third-order valence-electron chi connectivity index (χ3n) is 3.81. The molecule has 1 aromatic rings. The van der Waals surface area contributed by atoms with E-state index in [0.29, 0.717) is 17.9 Å². The smallest absolute Gasteiger partial charge is 0.165 e. The van der Waals surface area contributed by atoms with Gasteiger partial charge in [0.05, 0.1) is 0 Å². The Hall–Kier alpha value is -1.51. The van der Waals surface area contributed by atoms with Crippen LogP contribution in [0, 0.1) is 10.8 Å². The van der Waals surface area contributed by atoms with E-state index in [9.17, 15) is 9.70 Å². The first-order valence-electron chi connectivity index (χ1n) is 6.77. The molecule has 0 heterocycles. The van der Waals surface area contributed by atoms with E-state index in [0.717, 1.165) is 6.42 Å². The van der Waals surface area contributed by atoms with Gasteiger partial charge in [-0.2, -0.15) is 0 Å². The normalized spacial score (nSPS) is 16.4. The molecule has 1 fully saturated rings. The second-order valence-electron chi connectivity index (χ2n) is 5.07. The summed E-state index contributed by atoms with van der Waals surface area (Å²) in [6.07, 6.45) is 7.92. The quantitative estimate of drug-likeness (QED) is 0.561. The Balaban J connectivity index is 1.92. The van der Waals surface area contributed by atoms with Crippen LogP contribution in [0.2, 0.25) is 0 Å². The average Bonchev–Trinajstić information content (AvgIpc) is 2.45. The Morgan fingerprint density at radius 2 is 1.89 bits per heavy atom. The molecule has 2 rings (SSSR count). The van der Waals surface area contributed by atoms with Crippen LogP contribution in [-0.2, 0) is 0 Å². The van der Waals surface area contributed by atoms with Crippen LogP contribution in [0.15, 0.2) is 29.4 Å². The molecule has 3 nitrogen and oxygen atoms in total. The summed E-state index contributed by atoms with van der Waals surface area (Å²) < 4.78 is 0. The van der Waals surface area contributed by atoms with Crippen LogP contribution in [0.3, 0.4) is 0 Å².